The molecule has 254 valence electrons. The van der Waals surface area contributed by atoms with Gasteiger partial charge in [-0.25, -0.2) is 4.79 Å². The Balaban J connectivity index is 4.53. The minimum atomic E-state index is -0.885. The van der Waals surface area contributed by atoms with E-state index in [-0.39, 0.29) is 42.7 Å². The van der Waals surface area contributed by atoms with Gasteiger partial charge in [0.25, 0.3) is 0 Å². The predicted octanol–water partition coefficient (Wildman–Crippen LogP) is 7.96. The number of aliphatic carboxylic acids is 1. The van der Waals surface area contributed by atoms with E-state index in [0.29, 0.717) is 19.3 Å². The normalized spacial score (nSPS) is 13.6. The lowest BCUT2D eigenvalue weighted by Crippen LogP contribution is -2.50. The fourth-order valence-electron chi connectivity index (χ4n) is 4.58. The van der Waals surface area contributed by atoms with Gasteiger partial charge in [-0.1, -0.05) is 82.4 Å². The minimum absolute atomic E-state index is 0.0450. The van der Waals surface area contributed by atoms with E-state index < -0.39 is 18.1 Å². The first-order chi connectivity index (χ1) is 21.1. The summed E-state index contributed by atoms with van der Waals surface area (Å²) in [4.78, 5) is 36.5. The lowest BCUT2D eigenvalue weighted by Gasteiger charge is -2.31. The zero-order chi connectivity index (χ0) is 32.9. The molecule has 0 aromatic carbocycles. The quantitative estimate of drug-likeness (QED) is 0.0391. The first-order valence-electron chi connectivity index (χ1n) is 17.0. The summed E-state index contributed by atoms with van der Waals surface area (Å²) >= 11 is 0. The van der Waals surface area contributed by atoms with Crippen LogP contribution >= 0.6 is 0 Å². The number of carbonyl (C=O) groups is 3. The Hall–Kier alpha value is -2.45. The van der Waals surface area contributed by atoms with Crippen LogP contribution in [0, 0.1) is 0 Å². The van der Waals surface area contributed by atoms with Crippen molar-refractivity contribution in [2.75, 3.05) is 41.0 Å². The number of carbonyl (C=O) groups excluding carboxylic acids is 2. The lowest BCUT2D eigenvalue weighted by atomic mass is 10.1. The lowest BCUT2D eigenvalue weighted by molar-refractivity contribution is -0.887. The second-order valence-electron chi connectivity index (χ2n) is 12.4. The molecule has 0 saturated heterocycles. The molecule has 8 nitrogen and oxygen atoms in total. The fraction of sp³-hybridized carbons (Fsp3) is 0.750. The smallest absolute Gasteiger partial charge is 0.362 e. The average molecular weight is 623 g/mol. The molecule has 0 radical (unpaired) electrons. The highest BCUT2D eigenvalue weighted by atomic mass is 16.6. The third-order valence-corrected chi connectivity index (χ3v) is 7.27. The number of nitrogens with zero attached hydrogens (tertiary/aromatic N) is 1. The second kappa shape index (κ2) is 28.1. The van der Waals surface area contributed by atoms with E-state index in [1.165, 1.54) is 25.7 Å². The molecule has 0 aliphatic rings. The molecule has 0 amide bonds. The number of carboxylic acid groups (broad SMARTS) is 1. The summed E-state index contributed by atoms with van der Waals surface area (Å²) in [5.74, 6) is -1.54. The summed E-state index contributed by atoms with van der Waals surface area (Å²) in [6, 6.07) is -0.618. The maximum absolute atomic E-state index is 12.5. The van der Waals surface area contributed by atoms with E-state index in [1.807, 2.05) is 21.1 Å². The molecule has 2 unspecified atom stereocenters. The van der Waals surface area contributed by atoms with Gasteiger partial charge >= 0.3 is 17.9 Å². The van der Waals surface area contributed by atoms with Gasteiger partial charge in [-0.05, 0) is 57.8 Å². The van der Waals surface area contributed by atoms with E-state index in [4.69, 9.17) is 14.2 Å². The van der Waals surface area contributed by atoms with Crippen molar-refractivity contribution in [3.8, 4) is 0 Å². The van der Waals surface area contributed by atoms with Crippen molar-refractivity contribution < 1.29 is 38.2 Å². The summed E-state index contributed by atoms with van der Waals surface area (Å²) in [5, 5.41) is 9.54. The molecule has 0 spiro atoms. The highest BCUT2D eigenvalue weighted by Gasteiger charge is 2.31. The van der Waals surface area contributed by atoms with Gasteiger partial charge in [0.05, 0.1) is 34.4 Å². The Labute approximate surface area is 268 Å². The van der Waals surface area contributed by atoms with Crippen LogP contribution in [-0.2, 0) is 28.6 Å². The molecule has 0 heterocycles. The molecule has 44 heavy (non-hydrogen) atoms. The van der Waals surface area contributed by atoms with Gasteiger partial charge in [-0.2, -0.15) is 0 Å². The van der Waals surface area contributed by atoms with Crippen LogP contribution < -0.4 is 0 Å². The molecule has 0 saturated carbocycles. The van der Waals surface area contributed by atoms with Crippen molar-refractivity contribution in [2.45, 2.75) is 135 Å². The Kier molecular flexibility index (Phi) is 26.5. The van der Waals surface area contributed by atoms with E-state index >= 15 is 0 Å². The molecule has 0 bridgehead atoms. The molecule has 0 rings (SSSR count). The molecule has 0 aliphatic carbocycles. The Bertz CT molecular complexity index is 829. The van der Waals surface area contributed by atoms with E-state index in [0.717, 1.165) is 57.8 Å². The van der Waals surface area contributed by atoms with Crippen molar-refractivity contribution >= 4 is 17.9 Å². The second-order valence-corrected chi connectivity index (χ2v) is 12.4. The van der Waals surface area contributed by atoms with Gasteiger partial charge in [-0.15, -0.1) is 0 Å². The van der Waals surface area contributed by atoms with Gasteiger partial charge < -0.3 is 23.8 Å². The molecular weight excluding hydrogens is 558 g/mol. The number of hydrogen-bond acceptors (Lipinski definition) is 6. The molecule has 0 fully saturated rings. The SMILES string of the molecule is CC/C=C/C/C=C/CCCCC(=O)OC(COCCC(C(=O)O)[N+](C)(C)C)COC(=O)CCCCCCC/C=C/CCCC. The number of unbranched alkanes of at least 4 members (excludes halogenated alkanes) is 9. The van der Waals surface area contributed by atoms with Crippen molar-refractivity contribution in [3.63, 3.8) is 0 Å². The number of hydrogen-bond donors (Lipinski definition) is 1. The monoisotopic (exact) mass is 622 g/mol. The number of allylic oxidation sites excluding steroid dienone is 6. The first-order valence-corrected chi connectivity index (χ1v) is 17.0. The number of rotatable bonds is 29. The van der Waals surface area contributed by atoms with E-state index in [9.17, 15) is 19.5 Å². The van der Waals surface area contributed by atoms with E-state index in [1.54, 1.807) is 0 Å². The van der Waals surface area contributed by atoms with Crippen LogP contribution in [0.25, 0.3) is 0 Å². The van der Waals surface area contributed by atoms with Gasteiger partial charge in [0.15, 0.2) is 12.1 Å². The molecule has 8 heteroatoms. The van der Waals surface area contributed by atoms with Gasteiger partial charge in [-0.3, -0.25) is 9.59 Å². The summed E-state index contributed by atoms with van der Waals surface area (Å²) in [6.45, 7) is 4.49. The predicted molar refractivity (Wildman–Crippen MR) is 178 cm³/mol. The van der Waals surface area contributed by atoms with Crippen LogP contribution in [0.5, 0.6) is 0 Å². The van der Waals surface area contributed by atoms with Crippen LogP contribution in [0.4, 0.5) is 0 Å². The molecule has 1 N–H and O–H groups in total. The van der Waals surface area contributed by atoms with Crippen molar-refractivity contribution in [2.24, 2.45) is 0 Å². The summed E-state index contributed by atoms with van der Waals surface area (Å²) < 4.78 is 17.0. The zero-order valence-electron chi connectivity index (χ0n) is 28.6. The average Bonchev–Trinajstić information content (AvgIpc) is 2.96. The summed E-state index contributed by atoms with van der Waals surface area (Å²) in [5.41, 5.74) is 0. The number of quaternary nitrogens is 1. The summed E-state index contributed by atoms with van der Waals surface area (Å²) in [6.07, 6.45) is 27.7. The van der Waals surface area contributed by atoms with Gasteiger partial charge in [0.1, 0.15) is 6.61 Å². The third-order valence-electron chi connectivity index (χ3n) is 7.27. The Morgan fingerprint density at radius 2 is 1.27 bits per heavy atom. The highest BCUT2D eigenvalue weighted by molar-refractivity contribution is 5.72. The van der Waals surface area contributed by atoms with E-state index in [2.05, 4.69) is 50.3 Å². The number of likely N-dealkylation sites (N-methyl/N-ethyl adjacent to an activating group) is 1. The van der Waals surface area contributed by atoms with Gasteiger partial charge in [0.2, 0.25) is 0 Å². The maximum Gasteiger partial charge on any atom is 0.362 e. The van der Waals surface area contributed by atoms with Crippen molar-refractivity contribution in [3.05, 3.63) is 36.5 Å². The maximum atomic E-state index is 12.5. The number of carboxylic acids is 1. The molecule has 0 aliphatic heterocycles. The van der Waals surface area contributed by atoms with Crippen LogP contribution in [0.3, 0.4) is 0 Å². The van der Waals surface area contributed by atoms with Crippen LogP contribution in [-0.4, -0.2) is 80.6 Å². The molecule has 2 atom stereocenters. The largest absolute Gasteiger partial charge is 0.477 e. The summed E-state index contributed by atoms with van der Waals surface area (Å²) in [7, 11) is 5.49. The molecule has 0 aromatic rings. The van der Waals surface area contributed by atoms with Crippen LogP contribution in [0.2, 0.25) is 0 Å². The zero-order valence-corrected chi connectivity index (χ0v) is 28.6. The first kappa shape index (κ1) is 41.5. The Morgan fingerprint density at radius 1 is 0.705 bits per heavy atom. The topological polar surface area (TPSA) is 99.1 Å². The van der Waals surface area contributed by atoms with Crippen molar-refractivity contribution in [1.82, 2.24) is 0 Å². The highest BCUT2D eigenvalue weighted by Crippen LogP contribution is 2.12. The molecule has 0 aromatic heterocycles. The van der Waals surface area contributed by atoms with Gasteiger partial charge in [0, 0.05) is 19.3 Å². The number of esters is 2. The fourth-order valence-corrected chi connectivity index (χ4v) is 4.58. The molecular formula is C36H64NO7+. The third kappa shape index (κ3) is 26.0. The Morgan fingerprint density at radius 3 is 1.93 bits per heavy atom. The van der Waals surface area contributed by atoms with Crippen LogP contribution in [0.15, 0.2) is 36.5 Å². The van der Waals surface area contributed by atoms with Crippen molar-refractivity contribution in [1.29, 1.82) is 0 Å². The standard InChI is InChI=1S/C36H63NO7/c1-6-8-10-12-14-16-17-19-20-22-24-26-34(38)43-31-32(30-42-29-28-33(36(40)41)37(3,4)5)44-35(39)27-25-23-21-18-15-13-11-9-7-2/h9,11-12,14-15,18,32-33H,6-8,10,13,16-17,19-31H2,1-5H3/p+1/b11-9+,14-12+,18-15+. The van der Waals surface area contributed by atoms with Crippen LogP contribution in [0.1, 0.15) is 123 Å². The number of ether oxygens (including phenoxy) is 3. The minimum Gasteiger partial charge on any atom is -0.477 e.